The van der Waals surface area contributed by atoms with Gasteiger partial charge in [-0.05, 0) is 39.2 Å². The molecule has 0 N–H and O–H groups in total. The minimum Gasteiger partial charge on any atom is -0.353 e. The van der Waals surface area contributed by atoms with Gasteiger partial charge in [0.25, 0.3) is 0 Å². The number of hydrogen-bond acceptors (Lipinski definition) is 3. The minimum absolute atomic E-state index is 0.0370. The van der Waals surface area contributed by atoms with Crippen molar-refractivity contribution in [2.24, 2.45) is 0 Å². The Labute approximate surface area is 106 Å². The van der Waals surface area contributed by atoms with Gasteiger partial charge in [0.2, 0.25) is 0 Å². The van der Waals surface area contributed by atoms with Crippen LogP contribution in [-0.2, 0) is 14.3 Å². The van der Waals surface area contributed by atoms with E-state index in [0.717, 1.165) is 44.3 Å². The molecule has 0 unspecified atom stereocenters. The average Bonchev–Trinajstić information content (AvgIpc) is 2.32. The molecule has 0 radical (unpaired) electrons. The average molecular weight is 244 g/mol. The van der Waals surface area contributed by atoms with Gasteiger partial charge in [0.05, 0.1) is 0 Å². The van der Waals surface area contributed by atoms with E-state index in [-0.39, 0.29) is 6.29 Å². The van der Waals surface area contributed by atoms with E-state index in [9.17, 15) is 4.79 Å². The van der Waals surface area contributed by atoms with Crippen molar-refractivity contribution in [1.29, 1.82) is 0 Å². The molecular weight excluding hydrogens is 216 g/mol. The monoisotopic (exact) mass is 244 g/mol. The molecule has 0 amide bonds. The van der Waals surface area contributed by atoms with Crippen LogP contribution in [0, 0.1) is 0 Å². The number of carbonyl (C=O) groups is 1. The van der Waals surface area contributed by atoms with E-state index >= 15 is 0 Å². The molecule has 0 saturated carbocycles. The molecule has 102 valence electrons. The third-order valence-corrected chi connectivity index (χ3v) is 2.06. The molecule has 3 nitrogen and oxygen atoms in total. The van der Waals surface area contributed by atoms with Crippen LogP contribution in [0.2, 0.25) is 0 Å². The van der Waals surface area contributed by atoms with Crippen molar-refractivity contribution in [3.8, 4) is 0 Å². The maximum Gasteiger partial charge on any atom is 0.154 e. The fourth-order valence-corrected chi connectivity index (χ4v) is 1.12. The third-order valence-electron chi connectivity index (χ3n) is 2.06. The molecule has 0 aromatic carbocycles. The summed E-state index contributed by atoms with van der Waals surface area (Å²) in [6, 6.07) is 0. The van der Waals surface area contributed by atoms with E-state index in [4.69, 9.17) is 9.47 Å². The fraction of sp³-hybridized carbons (Fsp3) is 0.786. The molecule has 0 saturated heterocycles. The van der Waals surface area contributed by atoms with Gasteiger partial charge in [-0.15, -0.1) is 0 Å². The van der Waals surface area contributed by atoms with Gasteiger partial charge in [-0.1, -0.05) is 26.3 Å². The predicted molar refractivity (Wildman–Crippen MR) is 72.1 cm³/mol. The Balaban J connectivity index is 0. The second kappa shape index (κ2) is 15.3. The lowest BCUT2D eigenvalue weighted by Crippen LogP contribution is -2.11. The van der Waals surface area contributed by atoms with Gasteiger partial charge in [0, 0.05) is 13.2 Å². The standard InChI is InChI=1S/C8H14O.C6H14O2/c1-3-5-6-8(4-2)7-9;1-4-7-6(3)8-5-2/h6-7H,3-5H2,1-2H3;6H,4-5H2,1-3H3/b8-6+;. The highest BCUT2D eigenvalue weighted by molar-refractivity contribution is 5.72. The summed E-state index contributed by atoms with van der Waals surface area (Å²) in [5.41, 5.74) is 0.928. The summed E-state index contributed by atoms with van der Waals surface area (Å²) in [7, 11) is 0. The summed E-state index contributed by atoms with van der Waals surface area (Å²) in [6.07, 6.45) is 5.93. The first-order chi connectivity index (χ1) is 8.15. The Morgan fingerprint density at radius 3 is 1.94 bits per heavy atom. The number of carbonyl (C=O) groups excluding carboxylic acids is 1. The lowest BCUT2D eigenvalue weighted by Gasteiger charge is -2.09. The van der Waals surface area contributed by atoms with Crippen LogP contribution >= 0.6 is 0 Å². The van der Waals surface area contributed by atoms with Crippen LogP contribution in [0.1, 0.15) is 53.9 Å². The molecule has 0 spiro atoms. The molecule has 0 aromatic heterocycles. The van der Waals surface area contributed by atoms with Crippen molar-refractivity contribution < 1.29 is 14.3 Å². The van der Waals surface area contributed by atoms with Crippen LogP contribution in [0.15, 0.2) is 11.6 Å². The molecule has 0 rings (SSSR count). The lowest BCUT2D eigenvalue weighted by molar-refractivity contribution is -0.123. The Morgan fingerprint density at radius 2 is 1.65 bits per heavy atom. The quantitative estimate of drug-likeness (QED) is 0.371. The van der Waals surface area contributed by atoms with Crippen molar-refractivity contribution in [3.63, 3.8) is 0 Å². The smallest absolute Gasteiger partial charge is 0.154 e. The molecule has 0 bridgehead atoms. The van der Waals surface area contributed by atoms with Crippen LogP contribution in [-0.4, -0.2) is 25.8 Å². The van der Waals surface area contributed by atoms with Crippen molar-refractivity contribution in [2.45, 2.75) is 60.2 Å². The van der Waals surface area contributed by atoms with Crippen LogP contribution in [0.25, 0.3) is 0 Å². The summed E-state index contributed by atoms with van der Waals surface area (Å²) in [5.74, 6) is 0. The molecule has 3 heteroatoms. The number of hydrogen-bond donors (Lipinski definition) is 0. The minimum atomic E-state index is -0.0370. The molecule has 17 heavy (non-hydrogen) atoms. The second-order valence-corrected chi connectivity index (χ2v) is 3.52. The highest BCUT2D eigenvalue weighted by atomic mass is 16.7. The number of unbranched alkanes of at least 4 members (excludes halogenated alkanes) is 1. The van der Waals surface area contributed by atoms with Crippen molar-refractivity contribution in [3.05, 3.63) is 11.6 Å². The van der Waals surface area contributed by atoms with Crippen LogP contribution in [0.5, 0.6) is 0 Å². The Bertz CT molecular complexity index is 182. The molecule has 0 atom stereocenters. The first-order valence-corrected chi connectivity index (χ1v) is 6.53. The van der Waals surface area contributed by atoms with Crippen LogP contribution in [0.3, 0.4) is 0 Å². The van der Waals surface area contributed by atoms with Gasteiger partial charge in [-0.3, -0.25) is 4.79 Å². The number of allylic oxidation sites excluding steroid dienone is 2. The summed E-state index contributed by atoms with van der Waals surface area (Å²) >= 11 is 0. The van der Waals surface area contributed by atoms with Gasteiger partial charge < -0.3 is 9.47 Å². The zero-order valence-corrected chi connectivity index (χ0v) is 12.0. The SMILES string of the molecule is CCC/C=C(/C=O)CC.CCOC(C)OCC. The van der Waals surface area contributed by atoms with Crippen LogP contribution < -0.4 is 0 Å². The first-order valence-electron chi connectivity index (χ1n) is 6.53. The van der Waals surface area contributed by atoms with Crippen LogP contribution in [0.4, 0.5) is 0 Å². The highest BCUT2D eigenvalue weighted by Gasteiger charge is 1.94. The van der Waals surface area contributed by atoms with Gasteiger partial charge in [0.1, 0.15) is 6.29 Å². The molecule has 0 aliphatic carbocycles. The summed E-state index contributed by atoms with van der Waals surface area (Å²) in [4.78, 5) is 10.2. The molecule has 0 aliphatic heterocycles. The largest absolute Gasteiger partial charge is 0.353 e. The number of rotatable bonds is 8. The number of aldehydes is 1. The first kappa shape index (κ1) is 18.7. The summed E-state index contributed by atoms with van der Waals surface area (Å²) < 4.78 is 10.1. The molecule has 0 fully saturated rings. The van der Waals surface area contributed by atoms with E-state index in [1.165, 1.54) is 0 Å². The van der Waals surface area contributed by atoms with E-state index in [1.54, 1.807) is 0 Å². The summed E-state index contributed by atoms with van der Waals surface area (Å²) in [6.45, 7) is 11.4. The maximum absolute atomic E-state index is 10.2. The zero-order chi connectivity index (χ0) is 13.5. The zero-order valence-electron chi connectivity index (χ0n) is 12.0. The lowest BCUT2D eigenvalue weighted by atomic mass is 10.2. The molecule has 0 aliphatic rings. The third kappa shape index (κ3) is 15.3. The Morgan fingerprint density at radius 1 is 1.12 bits per heavy atom. The van der Waals surface area contributed by atoms with Gasteiger partial charge in [0.15, 0.2) is 6.29 Å². The van der Waals surface area contributed by atoms with Gasteiger partial charge >= 0.3 is 0 Å². The number of ether oxygens (including phenoxy) is 2. The van der Waals surface area contributed by atoms with Crippen molar-refractivity contribution in [2.75, 3.05) is 13.2 Å². The van der Waals surface area contributed by atoms with Crippen molar-refractivity contribution in [1.82, 2.24) is 0 Å². The van der Waals surface area contributed by atoms with Gasteiger partial charge in [-0.2, -0.15) is 0 Å². The molecule has 0 aromatic rings. The topological polar surface area (TPSA) is 35.5 Å². The molecule has 0 heterocycles. The highest BCUT2D eigenvalue weighted by Crippen LogP contribution is 1.99. The van der Waals surface area contributed by atoms with Crippen molar-refractivity contribution >= 4 is 6.29 Å². The van der Waals surface area contributed by atoms with Gasteiger partial charge in [-0.25, -0.2) is 0 Å². The Hall–Kier alpha value is -0.670. The maximum atomic E-state index is 10.2. The van der Waals surface area contributed by atoms with E-state index in [0.29, 0.717) is 0 Å². The normalized spacial score (nSPS) is 11.1. The molecular formula is C14H28O3. The second-order valence-electron chi connectivity index (χ2n) is 3.52. The predicted octanol–water partition coefficient (Wildman–Crippen LogP) is 3.73. The van der Waals surface area contributed by atoms with E-state index in [1.807, 2.05) is 33.8 Å². The summed E-state index contributed by atoms with van der Waals surface area (Å²) in [5, 5.41) is 0. The Kier molecular flexibility index (Phi) is 16.9. The van der Waals surface area contributed by atoms with E-state index < -0.39 is 0 Å². The fourth-order valence-electron chi connectivity index (χ4n) is 1.12. The van der Waals surface area contributed by atoms with E-state index in [2.05, 4.69) is 6.92 Å².